The summed E-state index contributed by atoms with van der Waals surface area (Å²) in [6, 6.07) is 5.24. The van der Waals surface area contributed by atoms with Crippen molar-refractivity contribution in [3.63, 3.8) is 0 Å². The molecule has 4 heteroatoms. The number of β-amino-alcohol motifs (C(OH)–C–C–N with tert-alkyl or cyclic N) is 1. The van der Waals surface area contributed by atoms with Crippen molar-refractivity contribution in [2.45, 2.75) is 12.0 Å². The summed E-state index contributed by atoms with van der Waals surface area (Å²) in [6.07, 6.45) is 0.722. The highest BCUT2D eigenvalue weighted by Gasteiger charge is 2.36. The van der Waals surface area contributed by atoms with E-state index in [0.29, 0.717) is 16.6 Å². The molecule has 1 fully saturated rings. The predicted molar refractivity (Wildman–Crippen MR) is 62.5 cm³/mol. The summed E-state index contributed by atoms with van der Waals surface area (Å²) in [5.41, 5.74) is 0.00729. The third-order valence-electron chi connectivity index (χ3n) is 2.84. The van der Waals surface area contributed by atoms with Gasteiger partial charge >= 0.3 is 0 Å². The Kier molecular flexibility index (Phi) is 2.95. The van der Waals surface area contributed by atoms with Gasteiger partial charge in [0.25, 0.3) is 0 Å². The van der Waals surface area contributed by atoms with E-state index in [4.69, 9.17) is 23.2 Å². The first-order chi connectivity index (χ1) is 6.99. The first kappa shape index (κ1) is 11.2. The first-order valence-corrected chi connectivity index (χ1v) is 5.63. The van der Waals surface area contributed by atoms with E-state index in [9.17, 15) is 5.11 Å². The van der Waals surface area contributed by atoms with Crippen LogP contribution < -0.4 is 0 Å². The number of hydrogen-bond donors (Lipinski definition) is 1. The molecular formula is C11H13Cl2NO. The van der Waals surface area contributed by atoms with E-state index in [1.54, 1.807) is 18.2 Å². The predicted octanol–water partition coefficient (Wildman–Crippen LogP) is 2.52. The van der Waals surface area contributed by atoms with Crippen molar-refractivity contribution in [3.8, 4) is 0 Å². The average molecular weight is 246 g/mol. The molecular weight excluding hydrogens is 233 g/mol. The minimum atomic E-state index is -0.802. The van der Waals surface area contributed by atoms with Crippen molar-refractivity contribution < 1.29 is 5.11 Å². The van der Waals surface area contributed by atoms with Crippen molar-refractivity contribution in [3.05, 3.63) is 33.8 Å². The molecule has 0 bridgehead atoms. The second kappa shape index (κ2) is 3.95. The van der Waals surface area contributed by atoms with Gasteiger partial charge in [0.1, 0.15) is 5.60 Å². The highest BCUT2D eigenvalue weighted by Crippen LogP contribution is 2.34. The van der Waals surface area contributed by atoms with Gasteiger partial charge in [-0.1, -0.05) is 23.2 Å². The largest absolute Gasteiger partial charge is 0.384 e. The van der Waals surface area contributed by atoms with Crippen LogP contribution in [-0.4, -0.2) is 30.1 Å². The zero-order valence-electron chi connectivity index (χ0n) is 8.50. The smallest absolute Gasteiger partial charge is 0.104 e. The Bertz CT molecular complexity index is 363. The van der Waals surface area contributed by atoms with Gasteiger partial charge in [-0.05, 0) is 37.2 Å². The van der Waals surface area contributed by atoms with Gasteiger partial charge < -0.3 is 10.0 Å². The molecule has 0 amide bonds. The Morgan fingerprint density at radius 2 is 1.87 bits per heavy atom. The number of likely N-dealkylation sites (N-methyl/N-ethyl adjacent to an activating group) is 1. The fourth-order valence-corrected chi connectivity index (χ4v) is 2.56. The van der Waals surface area contributed by atoms with Gasteiger partial charge in [0.05, 0.1) is 0 Å². The third kappa shape index (κ3) is 2.28. The highest BCUT2D eigenvalue weighted by atomic mass is 35.5. The summed E-state index contributed by atoms with van der Waals surface area (Å²) in [5.74, 6) is 0. The monoisotopic (exact) mass is 245 g/mol. The number of hydrogen-bond acceptors (Lipinski definition) is 2. The van der Waals surface area contributed by atoms with Gasteiger partial charge in [-0.3, -0.25) is 0 Å². The van der Waals surface area contributed by atoms with Crippen LogP contribution in [0.3, 0.4) is 0 Å². The standard InChI is InChI=1S/C11H13Cl2NO/c1-14-3-2-11(15,7-14)8-4-9(12)6-10(13)5-8/h4-6,15H,2-3,7H2,1H3. The molecule has 1 unspecified atom stereocenters. The zero-order chi connectivity index (χ0) is 11.1. The van der Waals surface area contributed by atoms with Crippen molar-refractivity contribution >= 4 is 23.2 Å². The SMILES string of the molecule is CN1CCC(O)(c2cc(Cl)cc(Cl)c2)C1. The van der Waals surface area contributed by atoms with Gasteiger partial charge in [0.2, 0.25) is 0 Å². The van der Waals surface area contributed by atoms with Crippen LogP contribution in [0.1, 0.15) is 12.0 Å². The summed E-state index contributed by atoms with van der Waals surface area (Å²) in [7, 11) is 1.99. The number of likely N-dealkylation sites (tertiary alicyclic amines) is 1. The van der Waals surface area contributed by atoms with Crippen molar-refractivity contribution in [1.82, 2.24) is 4.90 Å². The topological polar surface area (TPSA) is 23.5 Å². The minimum Gasteiger partial charge on any atom is -0.384 e. The van der Waals surface area contributed by atoms with E-state index in [-0.39, 0.29) is 0 Å². The molecule has 1 aromatic carbocycles. The molecule has 1 heterocycles. The lowest BCUT2D eigenvalue weighted by Gasteiger charge is -2.23. The summed E-state index contributed by atoms with van der Waals surface area (Å²) in [6.45, 7) is 1.52. The quantitative estimate of drug-likeness (QED) is 0.823. The van der Waals surface area contributed by atoms with Crippen LogP contribution in [0.5, 0.6) is 0 Å². The van der Waals surface area contributed by atoms with Gasteiger partial charge in [-0.25, -0.2) is 0 Å². The maximum Gasteiger partial charge on any atom is 0.104 e. The average Bonchev–Trinajstić information content (AvgIpc) is 2.46. The molecule has 1 N–H and O–H groups in total. The number of nitrogens with zero attached hydrogens (tertiary/aromatic N) is 1. The molecule has 2 nitrogen and oxygen atoms in total. The molecule has 0 radical (unpaired) electrons. The van der Waals surface area contributed by atoms with Gasteiger partial charge in [0, 0.05) is 23.1 Å². The van der Waals surface area contributed by atoms with Crippen molar-refractivity contribution in [2.75, 3.05) is 20.1 Å². The molecule has 1 aliphatic rings. The van der Waals surface area contributed by atoms with E-state index in [1.807, 2.05) is 7.05 Å². The van der Waals surface area contributed by atoms with E-state index >= 15 is 0 Å². The van der Waals surface area contributed by atoms with E-state index in [2.05, 4.69) is 4.90 Å². The second-order valence-electron chi connectivity index (χ2n) is 4.18. The Morgan fingerprint density at radius 3 is 2.33 bits per heavy atom. The number of rotatable bonds is 1. The van der Waals surface area contributed by atoms with Crippen LogP contribution in [-0.2, 0) is 5.60 Å². The Morgan fingerprint density at radius 1 is 1.27 bits per heavy atom. The maximum atomic E-state index is 10.4. The van der Waals surface area contributed by atoms with Crippen molar-refractivity contribution in [2.24, 2.45) is 0 Å². The van der Waals surface area contributed by atoms with Gasteiger partial charge in [-0.15, -0.1) is 0 Å². The summed E-state index contributed by atoms with van der Waals surface area (Å²) in [4.78, 5) is 2.09. The minimum absolute atomic E-state index is 0.570. The van der Waals surface area contributed by atoms with Gasteiger partial charge in [-0.2, -0.15) is 0 Å². The zero-order valence-corrected chi connectivity index (χ0v) is 10.0. The van der Waals surface area contributed by atoms with Crippen molar-refractivity contribution in [1.29, 1.82) is 0 Å². The molecule has 82 valence electrons. The maximum absolute atomic E-state index is 10.4. The van der Waals surface area contributed by atoms with Gasteiger partial charge in [0.15, 0.2) is 0 Å². The number of halogens is 2. The molecule has 0 aliphatic carbocycles. The van der Waals surface area contributed by atoms with E-state index in [1.165, 1.54) is 0 Å². The fraction of sp³-hybridized carbons (Fsp3) is 0.455. The summed E-state index contributed by atoms with van der Waals surface area (Å²) in [5, 5.41) is 11.6. The van der Waals surface area contributed by atoms with Crippen LogP contribution in [0.25, 0.3) is 0 Å². The normalized spacial score (nSPS) is 27.2. The molecule has 1 saturated heterocycles. The Hall–Kier alpha value is -0.280. The molecule has 0 aromatic heterocycles. The molecule has 0 spiro atoms. The molecule has 1 aliphatic heterocycles. The lowest BCUT2D eigenvalue weighted by atomic mass is 9.93. The van der Waals surface area contributed by atoms with E-state index < -0.39 is 5.60 Å². The highest BCUT2D eigenvalue weighted by molar-refractivity contribution is 6.34. The molecule has 1 aromatic rings. The first-order valence-electron chi connectivity index (χ1n) is 4.87. The molecule has 15 heavy (non-hydrogen) atoms. The van der Waals surface area contributed by atoms with Crippen LogP contribution in [0, 0.1) is 0 Å². The second-order valence-corrected chi connectivity index (χ2v) is 5.05. The number of benzene rings is 1. The van der Waals surface area contributed by atoms with Crippen LogP contribution in [0.2, 0.25) is 10.0 Å². The molecule has 1 atom stereocenters. The summed E-state index contributed by atoms with van der Waals surface area (Å²) < 4.78 is 0. The third-order valence-corrected chi connectivity index (χ3v) is 3.27. The molecule has 2 rings (SSSR count). The fourth-order valence-electron chi connectivity index (χ4n) is 2.04. The van der Waals surface area contributed by atoms with Crippen LogP contribution in [0.15, 0.2) is 18.2 Å². The van der Waals surface area contributed by atoms with E-state index in [0.717, 1.165) is 18.5 Å². The Balaban J connectivity index is 2.36. The Labute approximate surface area is 99.4 Å². The van der Waals surface area contributed by atoms with Crippen LogP contribution >= 0.6 is 23.2 Å². The summed E-state index contributed by atoms with van der Waals surface area (Å²) >= 11 is 11.8. The lowest BCUT2D eigenvalue weighted by molar-refractivity contribution is 0.0489. The van der Waals surface area contributed by atoms with Crippen LogP contribution in [0.4, 0.5) is 0 Å². The number of aliphatic hydroxyl groups is 1. The lowest BCUT2D eigenvalue weighted by Crippen LogP contribution is -2.29. The molecule has 0 saturated carbocycles.